The Kier molecular flexibility index (Phi) is 4.89. The van der Waals surface area contributed by atoms with Crippen molar-refractivity contribution in [3.63, 3.8) is 0 Å². The minimum absolute atomic E-state index is 0.288. The molecular weight excluding hydrogens is 166 g/mol. The molecular formula is C10H23NO2. The fourth-order valence-electron chi connectivity index (χ4n) is 0.796. The summed E-state index contributed by atoms with van der Waals surface area (Å²) in [6.45, 7) is 11.8. The predicted molar refractivity (Wildman–Crippen MR) is 54.9 cm³/mol. The van der Waals surface area contributed by atoms with E-state index in [-0.39, 0.29) is 5.54 Å². The van der Waals surface area contributed by atoms with Gasteiger partial charge in [-0.2, -0.15) is 0 Å². The standard InChI is InChI=1S/C10H23NO2/c1-6-13-8-7-11-9(2,3)10(4,5)12/h11-12H,6-8H2,1-5H3. The lowest BCUT2D eigenvalue weighted by atomic mass is 9.86. The molecule has 0 aliphatic carbocycles. The molecule has 0 spiro atoms. The van der Waals surface area contributed by atoms with E-state index in [0.29, 0.717) is 6.61 Å². The van der Waals surface area contributed by atoms with Gasteiger partial charge in [0.15, 0.2) is 0 Å². The fraction of sp³-hybridized carbons (Fsp3) is 1.00. The maximum absolute atomic E-state index is 9.80. The van der Waals surface area contributed by atoms with E-state index >= 15 is 0 Å². The van der Waals surface area contributed by atoms with Crippen LogP contribution in [0.25, 0.3) is 0 Å². The van der Waals surface area contributed by atoms with Gasteiger partial charge >= 0.3 is 0 Å². The van der Waals surface area contributed by atoms with E-state index in [1.54, 1.807) is 13.8 Å². The highest BCUT2D eigenvalue weighted by atomic mass is 16.5. The predicted octanol–water partition coefficient (Wildman–Crippen LogP) is 1.16. The van der Waals surface area contributed by atoms with Crippen LogP contribution in [-0.4, -0.2) is 36.0 Å². The smallest absolute Gasteiger partial charge is 0.0767 e. The Morgan fingerprint density at radius 3 is 2.15 bits per heavy atom. The molecule has 0 aromatic carbocycles. The van der Waals surface area contributed by atoms with Crippen LogP contribution < -0.4 is 5.32 Å². The van der Waals surface area contributed by atoms with Crippen LogP contribution in [0.15, 0.2) is 0 Å². The van der Waals surface area contributed by atoms with Gasteiger partial charge in [0.05, 0.1) is 12.2 Å². The van der Waals surface area contributed by atoms with Gasteiger partial charge in [0, 0.05) is 18.7 Å². The zero-order chi connectivity index (χ0) is 10.5. The zero-order valence-corrected chi connectivity index (χ0v) is 9.48. The minimum Gasteiger partial charge on any atom is -0.389 e. The molecule has 13 heavy (non-hydrogen) atoms. The van der Waals surface area contributed by atoms with Crippen molar-refractivity contribution in [1.82, 2.24) is 5.32 Å². The molecule has 0 atom stereocenters. The molecule has 0 amide bonds. The Bertz CT molecular complexity index is 138. The van der Waals surface area contributed by atoms with Crippen LogP contribution in [-0.2, 0) is 4.74 Å². The van der Waals surface area contributed by atoms with Gasteiger partial charge in [-0.15, -0.1) is 0 Å². The summed E-state index contributed by atoms with van der Waals surface area (Å²) in [5.41, 5.74) is -1.01. The summed E-state index contributed by atoms with van der Waals surface area (Å²) in [6, 6.07) is 0. The molecule has 2 N–H and O–H groups in total. The lowest BCUT2D eigenvalue weighted by molar-refractivity contribution is -0.00764. The second-order valence-corrected chi connectivity index (χ2v) is 4.31. The van der Waals surface area contributed by atoms with E-state index in [9.17, 15) is 5.11 Å². The first-order valence-electron chi connectivity index (χ1n) is 4.86. The molecule has 3 heteroatoms. The van der Waals surface area contributed by atoms with E-state index < -0.39 is 5.60 Å². The van der Waals surface area contributed by atoms with Crippen LogP contribution in [0.3, 0.4) is 0 Å². The maximum atomic E-state index is 9.80. The lowest BCUT2D eigenvalue weighted by Crippen LogP contribution is -2.56. The molecule has 0 aliphatic heterocycles. The summed E-state index contributed by atoms with van der Waals surface area (Å²) in [7, 11) is 0. The average Bonchev–Trinajstić information content (AvgIpc) is 1.96. The van der Waals surface area contributed by atoms with Gasteiger partial charge in [-0.3, -0.25) is 0 Å². The van der Waals surface area contributed by atoms with Crippen LogP contribution in [0.2, 0.25) is 0 Å². The normalized spacial score (nSPS) is 13.4. The van der Waals surface area contributed by atoms with E-state index in [4.69, 9.17) is 4.74 Å². The number of hydrogen-bond donors (Lipinski definition) is 2. The van der Waals surface area contributed by atoms with Gasteiger partial charge < -0.3 is 15.2 Å². The lowest BCUT2D eigenvalue weighted by Gasteiger charge is -2.38. The summed E-state index contributed by atoms with van der Waals surface area (Å²) in [5, 5.41) is 13.1. The van der Waals surface area contributed by atoms with E-state index in [2.05, 4.69) is 5.32 Å². The molecule has 0 rings (SSSR count). The summed E-state index contributed by atoms with van der Waals surface area (Å²) < 4.78 is 5.20. The van der Waals surface area contributed by atoms with E-state index in [1.165, 1.54) is 0 Å². The summed E-state index contributed by atoms with van der Waals surface area (Å²) in [4.78, 5) is 0. The fourth-order valence-corrected chi connectivity index (χ4v) is 0.796. The first-order chi connectivity index (χ1) is 5.81. The quantitative estimate of drug-likeness (QED) is 0.616. The highest BCUT2D eigenvalue weighted by Crippen LogP contribution is 2.19. The number of aliphatic hydroxyl groups is 1. The third-order valence-corrected chi connectivity index (χ3v) is 2.55. The molecule has 0 unspecified atom stereocenters. The SMILES string of the molecule is CCOCCNC(C)(C)C(C)(C)O. The molecule has 3 nitrogen and oxygen atoms in total. The van der Waals surface area contributed by atoms with Crippen molar-refractivity contribution in [2.24, 2.45) is 0 Å². The number of rotatable bonds is 6. The average molecular weight is 189 g/mol. The molecule has 0 fully saturated rings. The first kappa shape index (κ1) is 12.9. The molecule has 0 aliphatic rings. The van der Waals surface area contributed by atoms with Crippen molar-refractivity contribution in [2.45, 2.75) is 45.8 Å². The monoisotopic (exact) mass is 189 g/mol. The zero-order valence-electron chi connectivity index (χ0n) is 9.48. The van der Waals surface area contributed by atoms with Crippen LogP contribution in [0.4, 0.5) is 0 Å². The van der Waals surface area contributed by atoms with Crippen molar-refractivity contribution in [2.75, 3.05) is 19.8 Å². The topological polar surface area (TPSA) is 41.5 Å². The van der Waals surface area contributed by atoms with Crippen LogP contribution in [0, 0.1) is 0 Å². The molecule has 0 radical (unpaired) electrons. The highest BCUT2D eigenvalue weighted by molar-refractivity contribution is 4.93. The van der Waals surface area contributed by atoms with Gasteiger partial charge in [-0.05, 0) is 34.6 Å². The number of hydrogen-bond acceptors (Lipinski definition) is 3. The van der Waals surface area contributed by atoms with Crippen LogP contribution >= 0.6 is 0 Å². The Morgan fingerprint density at radius 1 is 1.23 bits per heavy atom. The third-order valence-electron chi connectivity index (χ3n) is 2.55. The molecule has 0 saturated carbocycles. The Labute approximate surface area is 81.5 Å². The molecule has 0 bridgehead atoms. The van der Waals surface area contributed by atoms with Gasteiger partial charge in [0.2, 0.25) is 0 Å². The molecule has 0 heterocycles. The van der Waals surface area contributed by atoms with Crippen molar-refractivity contribution in [3.05, 3.63) is 0 Å². The maximum Gasteiger partial charge on any atom is 0.0767 e. The van der Waals surface area contributed by atoms with E-state index in [0.717, 1.165) is 13.2 Å². The van der Waals surface area contributed by atoms with Gasteiger partial charge in [0.25, 0.3) is 0 Å². The minimum atomic E-state index is -0.723. The second kappa shape index (κ2) is 4.94. The van der Waals surface area contributed by atoms with Crippen molar-refractivity contribution < 1.29 is 9.84 Å². The number of ether oxygens (including phenoxy) is 1. The van der Waals surface area contributed by atoms with Crippen molar-refractivity contribution >= 4 is 0 Å². The first-order valence-corrected chi connectivity index (χ1v) is 4.86. The van der Waals surface area contributed by atoms with Gasteiger partial charge in [-0.25, -0.2) is 0 Å². The Morgan fingerprint density at radius 2 is 1.77 bits per heavy atom. The summed E-state index contributed by atoms with van der Waals surface area (Å²) >= 11 is 0. The second-order valence-electron chi connectivity index (χ2n) is 4.31. The summed E-state index contributed by atoms with van der Waals surface area (Å²) in [5.74, 6) is 0. The molecule has 80 valence electrons. The molecule has 0 aromatic rings. The van der Waals surface area contributed by atoms with Crippen LogP contribution in [0.5, 0.6) is 0 Å². The van der Waals surface area contributed by atoms with Crippen molar-refractivity contribution in [1.29, 1.82) is 0 Å². The van der Waals surface area contributed by atoms with Gasteiger partial charge in [0.1, 0.15) is 0 Å². The summed E-state index contributed by atoms with van der Waals surface area (Å²) in [6.07, 6.45) is 0. The van der Waals surface area contributed by atoms with Crippen molar-refractivity contribution in [3.8, 4) is 0 Å². The Hall–Kier alpha value is -0.120. The molecule has 0 aromatic heterocycles. The highest BCUT2D eigenvalue weighted by Gasteiger charge is 2.33. The largest absolute Gasteiger partial charge is 0.389 e. The van der Waals surface area contributed by atoms with Gasteiger partial charge in [-0.1, -0.05) is 0 Å². The molecule has 0 saturated heterocycles. The van der Waals surface area contributed by atoms with E-state index in [1.807, 2.05) is 20.8 Å². The third kappa shape index (κ3) is 4.60. The Balaban J connectivity index is 3.77. The van der Waals surface area contributed by atoms with Crippen LogP contribution in [0.1, 0.15) is 34.6 Å². The number of nitrogens with one attached hydrogen (secondary N) is 1.